The Kier molecular flexibility index (Phi) is 5.65. The number of rotatable bonds is 5. The molecule has 0 aliphatic carbocycles. The van der Waals surface area contributed by atoms with Crippen LogP contribution in [0.4, 0.5) is 32.0 Å². The van der Waals surface area contributed by atoms with Crippen LogP contribution in [0.2, 0.25) is 0 Å². The van der Waals surface area contributed by atoms with E-state index in [9.17, 15) is 35.9 Å². The maximum atomic E-state index is 14.3. The van der Waals surface area contributed by atoms with Gasteiger partial charge in [0.25, 0.3) is 5.91 Å². The molecule has 0 spiro atoms. The molecule has 0 radical (unpaired) electrons. The summed E-state index contributed by atoms with van der Waals surface area (Å²) in [4.78, 5) is 32.4. The largest absolute Gasteiger partial charge is 0.573 e. The van der Waals surface area contributed by atoms with Gasteiger partial charge in [-0.3, -0.25) is 9.78 Å². The highest BCUT2D eigenvalue weighted by molar-refractivity contribution is 6.04. The summed E-state index contributed by atoms with van der Waals surface area (Å²) in [6.07, 6.45) is -3.83. The van der Waals surface area contributed by atoms with Gasteiger partial charge in [0, 0.05) is 23.9 Å². The Morgan fingerprint density at radius 3 is 2.47 bits per heavy atom. The molecule has 4 rings (SSSR count). The average molecular weight is 484 g/mol. The number of carbonyl (C=O) groups excluding carboxylic acids is 1. The summed E-state index contributed by atoms with van der Waals surface area (Å²) in [5.41, 5.74) is -1.87. The van der Waals surface area contributed by atoms with E-state index in [0.717, 1.165) is 18.2 Å². The molecule has 2 aromatic carbocycles. The SMILES string of the molecule is O=C(Nc1cc(Oc2ccnc3[nH]c(=O)[nH]c23)c(F)c(F)c1F)c1cccc(OC(F)(F)F)c1. The van der Waals surface area contributed by atoms with E-state index in [1.165, 1.54) is 12.3 Å². The van der Waals surface area contributed by atoms with Crippen LogP contribution < -0.4 is 20.5 Å². The quantitative estimate of drug-likeness (QED) is 0.283. The number of imidazole rings is 1. The number of hydrogen-bond donors (Lipinski definition) is 3. The van der Waals surface area contributed by atoms with Crippen molar-refractivity contribution in [2.24, 2.45) is 0 Å². The van der Waals surface area contributed by atoms with Gasteiger partial charge in [0.2, 0.25) is 5.82 Å². The van der Waals surface area contributed by atoms with Crippen molar-refractivity contribution in [1.29, 1.82) is 0 Å². The molecule has 0 unspecified atom stereocenters. The number of fused-ring (bicyclic) bond motifs is 1. The summed E-state index contributed by atoms with van der Waals surface area (Å²) in [6.45, 7) is 0. The molecule has 0 aliphatic heterocycles. The lowest BCUT2D eigenvalue weighted by Gasteiger charge is -2.13. The van der Waals surface area contributed by atoms with E-state index in [1.807, 2.05) is 5.32 Å². The fraction of sp³-hybridized carbons (Fsp3) is 0.0500. The van der Waals surface area contributed by atoms with Crippen molar-refractivity contribution in [3.05, 3.63) is 76.1 Å². The third-order valence-electron chi connectivity index (χ3n) is 4.29. The molecule has 0 atom stereocenters. The zero-order valence-electron chi connectivity index (χ0n) is 16.4. The second-order valence-electron chi connectivity index (χ2n) is 6.61. The molecule has 8 nitrogen and oxygen atoms in total. The van der Waals surface area contributed by atoms with Gasteiger partial charge in [-0.05, 0) is 18.2 Å². The van der Waals surface area contributed by atoms with Crippen molar-refractivity contribution >= 4 is 22.8 Å². The molecule has 0 aliphatic rings. The van der Waals surface area contributed by atoms with Crippen LogP contribution in [0.5, 0.6) is 17.2 Å². The fourth-order valence-corrected chi connectivity index (χ4v) is 2.89. The average Bonchev–Trinajstić information content (AvgIpc) is 3.15. The van der Waals surface area contributed by atoms with Gasteiger partial charge in [-0.15, -0.1) is 13.2 Å². The lowest BCUT2D eigenvalue weighted by Crippen LogP contribution is -2.18. The minimum Gasteiger partial charge on any atom is -0.452 e. The van der Waals surface area contributed by atoms with Crippen LogP contribution in [-0.2, 0) is 0 Å². The van der Waals surface area contributed by atoms with Gasteiger partial charge in [-0.25, -0.2) is 18.6 Å². The second kappa shape index (κ2) is 8.46. The number of nitrogens with zero attached hydrogens (tertiary/aromatic N) is 1. The van der Waals surface area contributed by atoms with E-state index in [0.29, 0.717) is 12.1 Å². The molecule has 34 heavy (non-hydrogen) atoms. The van der Waals surface area contributed by atoms with Crippen LogP contribution in [-0.4, -0.2) is 27.2 Å². The van der Waals surface area contributed by atoms with E-state index in [1.54, 1.807) is 0 Å². The zero-order valence-corrected chi connectivity index (χ0v) is 16.4. The number of carbonyl (C=O) groups is 1. The first kappa shape index (κ1) is 22.7. The van der Waals surface area contributed by atoms with Crippen molar-refractivity contribution in [3.63, 3.8) is 0 Å². The first-order valence-corrected chi connectivity index (χ1v) is 9.11. The van der Waals surface area contributed by atoms with Gasteiger partial charge >= 0.3 is 12.1 Å². The van der Waals surface area contributed by atoms with E-state index in [-0.39, 0.29) is 16.9 Å². The standard InChI is InChI=1S/C20H10F6N4O4/c21-13-10(28-18(31)8-2-1-3-9(6-8)34-20(24,25)26)7-12(14(22)15(13)23)33-11-4-5-27-17-16(11)29-19(32)30-17/h1-7H,(H,28,31)(H2,27,29,30,32). The topological polar surface area (TPSA) is 109 Å². The zero-order chi connectivity index (χ0) is 24.6. The Bertz CT molecular complexity index is 1460. The van der Waals surface area contributed by atoms with E-state index in [2.05, 4.69) is 19.7 Å². The maximum absolute atomic E-state index is 14.3. The van der Waals surface area contributed by atoms with Crippen LogP contribution in [0.25, 0.3) is 11.2 Å². The van der Waals surface area contributed by atoms with Crippen molar-refractivity contribution < 1.29 is 40.6 Å². The van der Waals surface area contributed by atoms with Gasteiger partial charge in [0.05, 0.1) is 5.69 Å². The molecule has 0 fully saturated rings. The number of ether oxygens (including phenoxy) is 2. The number of alkyl halides is 3. The third-order valence-corrected chi connectivity index (χ3v) is 4.29. The van der Waals surface area contributed by atoms with Crippen LogP contribution in [0.1, 0.15) is 10.4 Å². The molecule has 0 bridgehead atoms. The Balaban J connectivity index is 1.65. The number of H-pyrrole nitrogens is 2. The monoisotopic (exact) mass is 484 g/mol. The van der Waals surface area contributed by atoms with Gasteiger partial charge in [-0.2, -0.15) is 4.39 Å². The van der Waals surface area contributed by atoms with Crippen molar-refractivity contribution in [3.8, 4) is 17.2 Å². The second-order valence-corrected chi connectivity index (χ2v) is 6.61. The molecule has 176 valence electrons. The molecule has 4 aromatic rings. The van der Waals surface area contributed by atoms with Gasteiger partial charge in [-0.1, -0.05) is 6.07 Å². The van der Waals surface area contributed by atoms with E-state index >= 15 is 0 Å². The number of benzene rings is 2. The number of halogens is 6. The van der Waals surface area contributed by atoms with Gasteiger partial charge in [0.1, 0.15) is 11.3 Å². The van der Waals surface area contributed by atoms with Crippen molar-refractivity contribution in [1.82, 2.24) is 15.0 Å². The number of aromatic nitrogens is 3. The van der Waals surface area contributed by atoms with E-state index in [4.69, 9.17) is 4.74 Å². The maximum Gasteiger partial charge on any atom is 0.573 e. The number of anilines is 1. The minimum atomic E-state index is -5.02. The Labute approximate surface area is 184 Å². The molecule has 1 amide bonds. The number of amides is 1. The Hall–Kier alpha value is -4.49. The first-order valence-electron chi connectivity index (χ1n) is 9.11. The van der Waals surface area contributed by atoms with Gasteiger partial charge in [0.15, 0.2) is 28.8 Å². The molecular formula is C20H10F6N4O4. The van der Waals surface area contributed by atoms with Gasteiger partial charge < -0.3 is 19.8 Å². The minimum absolute atomic E-state index is 0.00342. The van der Waals surface area contributed by atoms with E-state index < -0.39 is 58.2 Å². The summed E-state index contributed by atoms with van der Waals surface area (Å²) < 4.78 is 88.9. The molecular weight excluding hydrogens is 474 g/mol. The highest BCUT2D eigenvalue weighted by Crippen LogP contribution is 2.34. The predicted molar refractivity (Wildman–Crippen MR) is 104 cm³/mol. The molecule has 2 aromatic heterocycles. The first-order chi connectivity index (χ1) is 16.0. The predicted octanol–water partition coefficient (Wildman–Crippen LogP) is 4.61. The number of aromatic amines is 2. The number of pyridine rings is 1. The Morgan fingerprint density at radius 1 is 0.971 bits per heavy atom. The lowest BCUT2D eigenvalue weighted by molar-refractivity contribution is -0.274. The van der Waals surface area contributed by atoms with Crippen LogP contribution >= 0.6 is 0 Å². The normalized spacial score (nSPS) is 11.5. The third kappa shape index (κ3) is 4.65. The molecule has 3 N–H and O–H groups in total. The van der Waals surface area contributed by atoms with Crippen LogP contribution in [0.3, 0.4) is 0 Å². The van der Waals surface area contributed by atoms with Crippen molar-refractivity contribution in [2.45, 2.75) is 6.36 Å². The summed E-state index contributed by atoms with van der Waals surface area (Å²) >= 11 is 0. The number of nitrogens with one attached hydrogen (secondary N) is 3. The molecule has 14 heteroatoms. The molecule has 0 saturated carbocycles. The number of hydrogen-bond acceptors (Lipinski definition) is 5. The molecule has 0 saturated heterocycles. The van der Waals surface area contributed by atoms with Crippen molar-refractivity contribution in [2.75, 3.05) is 5.32 Å². The highest BCUT2D eigenvalue weighted by atomic mass is 19.4. The van der Waals surface area contributed by atoms with Crippen LogP contribution in [0.15, 0.2) is 47.4 Å². The fourth-order valence-electron chi connectivity index (χ4n) is 2.89. The summed E-state index contributed by atoms with van der Waals surface area (Å²) in [5, 5.41) is 1.94. The smallest absolute Gasteiger partial charge is 0.452 e. The molecule has 2 heterocycles. The summed E-state index contributed by atoms with van der Waals surface area (Å²) in [5.74, 6) is -8.42. The lowest BCUT2D eigenvalue weighted by atomic mass is 10.2. The van der Waals surface area contributed by atoms with Crippen LogP contribution in [0, 0.1) is 17.5 Å². The Morgan fingerprint density at radius 2 is 1.74 bits per heavy atom. The highest BCUT2D eigenvalue weighted by Gasteiger charge is 2.31. The summed E-state index contributed by atoms with van der Waals surface area (Å²) in [7, 11) is 0. The summed E-state index contributed by atoms with van der Waals surface area (Å²) in [6, 6.07) is 5.63.